The Hall–Kier alpha value is -2.11. The smallest absolute Gasteiger partial charge is 0.225 e. The summed E-state index contributed by atoms with van der Waals surface area (Å²) >= 11 is 0. The lowest BCUT2D eigenvalue weighted by Gasteiger charge is -2.43. The number of hydrogen-bond donors (Lipinski definition) is 2. The first-order valence-corrected chi connectivity index (χ1v) is 9.95. The Kier molecular flexibility index (Phi) is 6.02. The van der Waals surface area contributed by atoms with Crippen molar-refractivity contribution in [3.63, 3.8) is 0 Å². The molecule has 0 radical (unpaired) electrons. The lowest BCUT2D eigenvalue weighted by molar-refractivity contribution is -0.133. The molecule has 1 aliphatic carbocycles. The van der Waals surface area contributed by atoms with Crippen LogP contribution < -0.4 is 10.6 Å². The normalized spacial score (nSPS) is 21.9. The Bertz CT molecular complexity index is 682. The molecule has 1 unspecified atom stereocenters. The monoisotopic (exact) mass is 374 g/mol. The van der Waals surface area contributed by atoms with E-state index in [-0.39, 0.29) is 29.1 Å². The van der Waals surface area contributed by atoms with Crippen molar-refractivity contribution in [3.05, 3.63) is 35.6 Å². The quantitative estimate of drug-likeness (QED) is 0.615. The summed E-state index contributed by atoms with van der Waals surface area (Å²) < 4.78 is 13.3. The molecule has 1 aromatic carbocycles. The van der Waals surface area contributed by atoms with Gasteiger partial charge in [0.1, 0.15) is 5.82 Å². The molecular formula is C21H31FN4O. The molecule has 0 spiro atoms. The van der Waals surface area contributed by atoms with Gasteiger partial charge in [-0.2, -0.15) is 0 Å². The summed E-state index contributed by atoms with van der Waals surface area (Å²) in [4.78, 5) is 18.4. The van der Waals surface area contributed by atoms with Gasteiger partial charge >= 0.3 is 0 Å². The van der Waals surface area contributed by atoms with E-state index in [1.165, 1.54) is 12.0 Å². The molecule has 1 atom stereocenters. The van der Waals surface area contributed by atoms with Crippen LogP contribution in [-0.2, 0) is 10.2 Å². The molecule has 2 aliphatic rings. The van der Waals surface area contributed by atoms with Crippen molar-refractivity contribution in [1.82, 2.24) is 15.5 Å². The second kappa shape index (κ2) is 8.28. The fourth-order valence-corrected chi connectivity index (χ4v) is 4.06. The van der Waals surface area contributed by atoms with E-state index in [0.29, 0.717) is 0 Å². The fourth-order valence-electron chi connectivity index (χ4n) is 4.06. The fraction of sp³-hybridized carbons (Fsp3) is 0.619. The summed E-state index contributed by atoms with van der Waals surface area (Å²) in [6, 6.07) is 7.11. The Morgan fingerprint density at radius 1 is 1.33 bits per heavy atom. The Morgan fingerprint density at radius 3 is 2.59 bits per heavy atom. The SMILES string of the molecule is CN=C(NCC1(c2ccc(F)cc2)CCC1)NC1CCN(C(=O)C(C)C)C1. The summed E-state index contributed by atoms with van der Waals surface area (Å²) in [5.74, 6) is 0.829. The van der Waals surface area contributed by atoms with Gasteiger partial charge < -0.3 is 15.5 Å². The summed E-state index contributed by atoms with van der Waals surface area (Å²) in [6.07, 6.45) is 4.33. The topological polar surface area (TPSA) is 56.7 Å². The standard InChI is InChI=1S/C21H31FN4O/c1-15(2)19(27)26-12-9-18(13-26)25-20(23-3)24-14-21(10-4-11-21)16-5-7-17(22)8-6-16/h5-8,15,18H,4,9-14H2,1-3H3,(H2,23,24,25). The number of nitrogens with zero attached hydrogens (tertiary/aromatic N) is 2. The van der Waals surface area contributed by atoms with Gasteiger partial charge in [-0.05, 0) is 37.0 Å². The molecule has 2 N–H and O–H groups in total. The van der Waals surface area contributed by atoms with Crippen LogP contribution in [0.3, 0.4) is 0 Å². The first-order chi connectivity index (χ1) is 12.9. The van der Waals surface area contributed by atoms with Gasteiger partial charge in [-0.15, -0.1) is 0 Å². The van der Waals surface area contributed by atoms with Gasteiger partial charge in [-0.1, -0.05) is 32.4 Å². The van der Waals surface area contributed by atoms with Crippen molar-refractivity contribution < 1.29 is 9.18 Å². The summed E-state index contributed by atoms with van der Waals surface area (Å²) in [5, 5.41) is 6.92. The van der Waals surface area contributed by atoms with Gasteiger partial charge in [-0.3, -0.25) is 9.79 Å². The molecule has 3 rings (SSSR count). The summed E-state index contributed by atoms with van der Waals surface area (Å²) in [7, 11) is 1.77. The minimum atomic E-state index is -0.194. The van der Waals surface area contributed by atoms with E-state index >= 15 is 0 Å². The second-order valence-corrected chi connectivity index (χ2v) is 8.14. The largest absolute Gasteiger partial charge is 0.356 e. The molecule has 1 amide bonds. The van der Waals surface area contributed by atoms with E-state index in [9.17, 15) is 9.18 Å². The number of likely N-dealkylation sites (tertiary alicyclic amines) is 1. The predicted molar refractivity (Wildman–Crippen MR) is 106 cm³/mol. The third-order valence-corrected chi connectivity index (χ3v) is 5.92. The number of carbonyl (C=O) groups excluding carboxylic acids is 1. The minimum absolute atomic E-state index is 0.0374. The van der Waals surface area contributed by atoms with Crippen LogP contribution in [0, 0.1) is 11.7 Å². The van der Waals surface area contributed by atoms with Crippen molar-refractivity contribution >= 4 is 11.9 Å². The zero-order valence-corrected chi connectivity index (χ0v) is 16.6. The molecule has 6 heteroatoms. The molecule has 1 saturated heterocycles. The number of aliphatic imine (C=N–C) groups is 1. The molecular weight excluding hydrogens is 343 g/mol. The molecule has 1 heterocycles. The molecule has 0 bridgehead atoms. The van der Waals surface area contributed by atoms with E-state index in [1.807, 2.05) is 30.9 Å². The van der Waals surface area contributed by atoms with E-state index in [1.54, 1.807) is 19.2 Å². The third-order valence-electron chi connectivity index (χ3n) is 5.92. The van der Waals surface area contributed by atoms with Crippen LogP contribution in [-0.4, -0.2) is 49.5 Å². The summed E-state index contributed by atoms with van der Waals surface area (Å²) in [5.41, 5.74) is 1.24. The van der Waals surface area contributed by atoms with Crippen molar-refractivity contribution in [2.45, 2.75) is 51.0 Å². The van der Waals surface area contributed by atoms with Crippen LogP contribution in [0.5, 0.6) is 0 Å². The highest BCUT2D eigenvalue weighted by Gasteiger charge is 2.39. The number of nitrogens with one attached hydrogen (secondary N) is 2. The molecule has 5 nitrogen and oxygen atoms in total. The molecule has 1 aliphatic heterocycles. The molecule has 1 saturated carbocycles. The Morgan fingerprint density at radius 2 is 2.04 bits per heavy atom. The van der Waals surface area contributed by atoms with Crippen LogP contribution in [0.4, 0.5) is 4.39 Å². The maximum atomic E-state index is 13.3. The number of amides is 1. The zero-order chi connectivity index (χ0) is 19.4. The van der Waals surface area contributed by atoms with Gasteiger partial charge in [-0.25, -0.2) is 4.39 Å². The third kappa shape index (κ3) is 4.42. The molecule has 2 fully saturated rings. The van der Waals surface area contributed by atoms with Crippen LogP contribution >= 0.6 is 0 Å². The molecule has 27 heavy (non-hydrogen) atoms. The highest BCUT2D eigenvalue weighted by Crippen LogP contribution is 2.43. The van der Waals surface area contributed by atoms with E-state index in [2.05, 4.69) is 15.6 Å². The second-order valence-electron chi connectivity index (χ2n) is 8.14. The average Bonchev–Trinajstić information content (AvgIpc) is 3.08. The van der Waals surface area contributed by atoms with Crippen LogP contribution in [0.2, 0.25) is 0 Å². The number of benzene rings is 1. The predicted octanol–water partition coefficient (Wildman–Crippen LogP) is 2.67. The van der Waals surface area contributed by atoms with Crippen LogP contribution in [0.1, 0.15) is 45.1 Å². The molecule has 148 valence electrons. The van der Waals surface area contributed by atoms with Crippen molar-refractivity contribution in [3.8, 4) is 0 Å². The Labute approximate surface area is 161 Å². The van der Waals surface area contributed by atoms with Crippen molar-refractivity contribution in [2.75, 3.05) is 26.7 Å². The maximum absolute atomic E-state index is 13.3. The van der Waals surface area contributed by atoms with Gasteiger partial charge in [0, 0.05) is 44.1 Å². The first-order valence-electron chi connectivity index (χ1n) is 9.95. The number of rotatable bonds is 5. The lowest BCUT2D eigenvalue weighted by Crippen LogP contribution is -2.51. The van der Waals surface area contributed by atoms with E-state index in [4.69, 9.17) is 0 Å². The average molecular weight is 375 g/mol. The Balaban J connectivity index is 1.55. The summed E-state index contributed by atoms with van der Waals surface area (Å²) in [6.45, 7) is 6.18. The van der Waals surface area contributed by atoms with Crippen LogP contribution in [0.25, 0.3) is 0 Å². The van der Waals surface area contributed by atoms with Gasteiger partial charge in [0.2, 0.25) is 5.91 Å². The van der Waals surface area contributed by atoms with Crippen LogP contribution in [0.15, 0.2) is 29.3 Å². The number of hydrogen-bond acceptors (Lipinski definition) is 2. The van der Waals surface area contributed by atoms with Gasteiger partial charge in [0.25, 0.3) is 0 Å². The lowest BCUT2D eigenvalue weighted by atomic mass is 9.64. The number of halogens is 1. The number of guanidine groups is 1. The van der Waals surface area contributed by atoms with Gasteiger partial charge in [0.15, 0.2) is 5.96 Å². The van der Waals surface area contributed by atoms with Crippen molar-refractivity contribution in [1.29, 1.82) is 0 Å². The first kappa shape index (κ1) is 19.6. The minimum Gasteiger partial charge on any atom is -0.356 e. The van der Waals surface area contributed by atoms with E-state index in [0.717, 1.165) is 44.9 Å². The maximum Gasteiger partial charge on any atom is 0.225 e. The van der Waals surface area contributed by atoms with Gasteiger partial charge in [0.05, 0.1) is 0 Å². The highest BCUT2D eigenvalue weighted by molar-refractivity contribution is 5.81. The zero-order valence-electron chi connectivity index (χ0n) is 16.6. The van der Waals surface area contributed by atoms with Crippen molar-refractivity contribution in [2.24, 2.45) is 10.9 Å². The molecule has 0 aromatic heterocycles. The number of carbonyl (C=O) groups is 1. The van der Waals surface area contributed by atoms with E-state index < -0.39 is 0 Å². The molecule has 1 aromatic rings. The highest BCUT2D eigenvalue weighted by atomic mass is 19.1.